The van der Waals surface area contributed by atoms with Crippen molar-refractivity contribution in [1.29, 1.82) is 0 Å². The third-order valence-corrected chi connectivity index (χ3v) is 3.03. The number of rotatable bonds is 4. The van der Waals surface area contributed by atoms with E-state index in [4.69, 9.17) is 10.7 Å². The molecule has 0 aliphatic carbocycles. The van der Waals surface area contributed by atoms with Gasteiger partial charge in [0, 0.05) is 16.7 Å². The number of nitrogens with zero attached hydrogens (tertiary/aromatic N) is 2. The van der Waals surface area contributed by atoms with Crippen LogP contribution in [0.2, 0.25) is 0 Å². The fraction of sp³-hybridized carbons (Fsp3) is 0.286. The van der Waals surface area contributed by atoms with E-state index in [-0.39, 0.29) is 6.07 Å². The Kier molecular flexibility index (Phi) is 4.57. The summed E-state index contributed by atoms with van der Waals surface area (Å²) in [4.78, 5) is 11.7. The van der Waals surface area contributed by atoms with Crippen LogP contribution in [0.5, 0.6) is 5.75 Å². The molecule has 1 rings (SSSR count). The summed E-state index contributed by atoms with van der Waals surface area (Å²) in [6.45, 7) is 0. The Morgan fingerprint density at radius 2 is 1.90 bits per heavy atom. The first-order valence-electron chi connectivity index (χ1n) is 4.51. The average molecular weight is 357 g/mol. The van der Waals surface area contributed by atoms with Gasteiger partial charge >= 0.3 is 21.2 Å². The van der Waals surface area contributed by atoms with Crippen molar-refractivity contribution in [2.75, 3.05) is 0 Å². The minimum absolute atomic E-state index is 0.0791. The van der Waals surface area contributed by atoms with Gasteiger partial charge in [-0.1, -0.05) is 0 Å². The van der Waals surface area contributed by atoms with Crippen molar-refractivity contribution in [2.45, 2.75) is 17.8 Å². The van der Waals surface area contributed by atoms with E-state index < -0.39 is 48.9 Å². The summed E-state index contributed by atoms with van der Waals surface area (Å²) < 4.78 is 86.8. The van der Waals surface area contributed by atoms with E-state index in [1.165, 1.54) is 0 Å². The van der Waals surface area contributed by atoms with E-state index in [9.17, 15) is 40.5 Å². The van der Waals surface area contributed by atoms with Crippen molar-refractivity contribution in [3.05, 3.63) is 21.7 Å². The molecule has 0 spiro atoms. The summed E-state index contributed by atoms with van der Waals surface area (Å²) in [6.07, 6.45) is -9.27. The maximum absolute atomic E-state index is 12.7. The molecule has 0 unspecified atom stereocenters. The van der Waals surface area contributed by atoms with Crippen LogP contribution in [-0.2, 0) is 9.05 Å². The second kappa shape index (κ2) is 5.55. The van der Waals surface area contributed by atoms with Crippen LogP contribution < -0.4 is 4.74 Å². The number of hydrogen-bond donors (Lipinski definition) is 0. The lowest BCUT2D eigenvalue weighted by Gasteiger charge is -2.12. The van der Waals surface area contributed by atoms with Crippen LogP contribution in [0.25, 0.3) is 0 Å². The van der Waals surface area contributed by atoms with Gasteiger partial charge in [0.1, 0.15) is 0 Å². The number of hydrogen-bond acceptors (Lipinski definition) is 6. The van der Waals surface area contributed by atoms with Crippen molar-refractivity contribution in [3.8, 4) is 5.75 Å². The molecule has 0 radical (unpaired) electrons. The molecule has 0 amide bonds. The van der Waals surface area contributed by atoms with E-state index in [0.29, 0.717) is 0 Å². The highest BCUT2D eigenvalue weighted by molar-refractivity contribution is 8.13. The zero-order valence-corrected chi connectivity index (χ0v) is 10.8. The summed E-state index contributed by atoms with van der Waals surface area (Å²) in [7, 11) is -0.0418. The molecule has 0 atom stereocenters. The third-order valence-electron chi connectivity index (χ3n) is 1.84. The van der Waals surface area contributed by atoms with Crippen LogP contribution in [0, 0.1) is 10.1 Å². The Hall–Kier alpha value is -1.76. The predicted octanol–water partition coefficient (Wildman–Crippen LogP) is 2.75. The molecule has 14 heteroatoms. The summed E-state index contributed by atoms with van der Waals surface area (Å²) in [5, 5.41) is 9.13. The summed E-state index contributed by atoms with van der Waals surface area (Å²) in [5.74, 6) is -3.59. The van der Waals surface area contributed by atoms with Crippen molar-refractivity contribution in [1.82, 2.24) is 4.98 Å². The number of alkyl halides is 5. The second-order valence-electron chi connectivity index (χ2n) is 3.24. The van der Waals surface area contributed by atoms with Crippen molar-refractivity contribution in [2.24, 2.45) is 0 Å². The van der Waals surface area contributed by atoms with Gasteiger partial charge in [-0.3, -0.25) is 0 Å². The summed E-state index contributed by atoms with van der Waals surface area (Å²) in [6, 6.07) is -0.0791. The lowest BCUT2D eigenvalue weighted by Crippen LogP contribution is -2.19. The first-order chi connectivity index (χ1) is 9.33. The Morgan fingerprint density at radius 1 is 1.38 bits per heavy atom. The van der Waals surface area contributed by atoms with Crippen LogP contribution in [0.1, 0.15) is 12.0 Å². The molecule has 1 aromatic rings. The highest BCUT2D eigenvalue weighted by Gasteiger charge is 2.39. The van der Waals surface area contributed by atoms with Crippen molar-refractivity contribution < 1.29 is 40.0 Å². The maximum Gasteiger partial charge on any atom is 0.573 e. The Labute approximate surface area is 116 Å². The van der Waals surface area contributed by atoms with Gasteiger partial charge < -0.3 is 14.9 Å². The molecule has 0 fully saturated rings. The Bertz CT molecular complexity index is 677. The lowest BCUT2D eigenvalue weighted by atomic mass is 10.2. The van der Waals surface area contributed by atoms with Gasteiger partial charge in [0.2, 0.25) is 0 Å². The second-order valence-corrected chi connectivity index (χ2v) is 5.75. The Balaban J connectivity index is 3.72. The van der Waals surface area contributed by atoms with E-state index in [0.717, 1.165) is 0 Å². The molecule has 0 N–H and O–H groups in total. The molecular formula is C7H2ClF5N2O5S. The zero-order chi connectivity index (χ0) is 16.6. The van der Waals surface area contributed by atoms with Crippen molar-refractivity contribution in [3.63, 3.8) is 0 Å². The molecule has 1 heterocycles. The average Bonchev–Trinajstić information content (AvgIpc) is 2.23. The van der Waals surface area contributed by atoms with E-state index in [1.54, 1.807) is 0 Å². The van der Waals surface area contributed by atoms with Crippen molar-refractivity contribution >= 4 is 25.6 Å². The fourth-order valence-electron chi connectivity index (χ4n) is 1.18. The maximum atomic E-state index is 12.7. The monoisotopic (exact) mass is 356 g/mol. The van der Waals surface area contributed by atoms with Crippen LogP contribution in [0.4, 0.5) is 27.8 Å². The van der Waals surface area contributed by atoms with Gasteiger partial charge in [-0.05, 0) is 9.91 Å². The molecule has 0 aromatic carbocycles. The summed E-state index contributed by atoms with van der Waals surface area (Å²) >= 11 is 0. The molecule has 0 saturated carbocycles. The summed E-state index contributed by atoms with van der Waals surface area (Å²) in [5.41, 5.74) is -1.82. The van der Waals surface area contributed by atoms with Crippen LogP contribution in [0.15, 0.2) is 11.1 Å². The van der Waals surface area contributed by atoms with E-state index >= 15 is 0 Å². The molecular weight excluding hydrogens is 355 g/mol. The van der Waals surface area contributed by atoms with Gasteiger partial charge in [-0.2, -0.15) is 0 Å². The van der Waals surface area contributed by atoms with Gasteiger partial charge in [0.25, 0.3) is 11.5 Å². The molecule has 0 aliphatic rings. The van der Waals surface area contributed by atoms with E-state index in [2.05, 4.69) is 9.72 Å². The van der Waals surface area contributed by atoms with E-state index in [1.807, 2.05) is 0 Å². The van der Waals surface area contributed by atoms with Crippen LogP contribution >= 0.6 is 10.7 Å². The molecule has 7 nitrogen and oxygen atoms in total. The molecule has 1 aromatic heterocycles. The quantitative estimate of drug-likeness (QED) is 0.356. The van der Waals surface area contributed by atoms with Gasteiger partial charge in [0.05, 0.1) is 0 Å². The minimum atomic E-state index is -5.49. The molecule has 0 aliphatic heterocycles. The highest BCUT2D eigenvalue weighted by Crippen LogP contribution is 2.39. The predicted molar refractivity (Wildman–Crippen MR) is 55.6 cm³/mol. The Morgan fingerprint density at radius 3 is 2.24 bits per heavy atom. The lowest BCUT2D eigenvalue weighted by molar-refractivity contribution is -0.391. The molecule has 0 saturated heterocycles. The number of aromatic nitrogens is 1. The van der Waals surface area contributed by atoms with Gasteiger partial charge in [-0.15, -0.1) is 13.2 Å². The molecule has 0 bridgehead atoms. The van der Waals surface area contributed by atoms with Gasteiger partial charge in [-0.25, -0.2) is 17.2 Å². The number of ether oxygens (including phenoxy) is 1. The number of halogens is 6. The zero-order valence-electron chi connectivity index (χ0n) is 9.27. The van der Waals surface area contributed by atoms with Crippen LogP contribution in [0.3, 0.4) is 0 Å². The SMILES string of the molecule is O=[N+]([O-])c1nc(S(=O)(=O)Cl)cc(OC(F)(F)F)c1C(F)F. The smallest absolute Gasteiger partial charge is 0.405 e. The largest absolute Gasteiger partial charge is 0.573 e. The molecule has 118 valence electrons. The third kappa shape index (κ3) is 4.35. The first kappa shape index (κ1) is 17.3. The molecule has 21 heavy (non-hydrogen) atoms. The standard InChI is InChI=1S/C7H2ClF5N2O5S/c8-21(18,19)3-1-2(20-7(11,12)13)4(5(9)10)6(14-3)15(16)17/h1,5H. The fourth-order valence-corrected chi connectivity index (χ4v) is 1.86. The van der Waals surface area contributed by atoms with Crippen LogP contribution in [-0.4, -0.2) is 24.7 Å². The number of nitro groups is 1. The normalized spacial score (nSPS) is 12.5. The minimum Gasteiger partial charge on any atom is -0.405 e. The first-order valence-corrected chi connectivity index (χ1v) is 6.81. The van der Waals surface area contributed by atoms with Gasteiger partial charge in [0.15, 0.2) is 11.3 Å². The topological polar surface area (TPSA) is 99.4 Å². The number of pyridine rings is 1. The highest BCUT2D eigenvalue weighted by atomic mass is 35.7.